The molecule has 1 aromatic carbocycles. The van der Waals surface area contributed by atoms with Crippen LogP contribution >= 0.6 is 0 Å². The standard InChI is InChI=1S/C19H24FNO2Si/c1-18(2,3)19(23-24(4)5,15-10-12-21-13-11-15)17(22)14-6-8-16(20)9-7-14/h6-13,24H,1-5H3. The zero-order valence-corrected chi connectivity index (χ0v) is 16.0. The highest BCUT2D eigenvalue weighted by molar-refractivity contribution is 6.49. The number of benzene rings is 1. The van der Waals surface area contributed by atoms with Crippen molar-refractivity contribution in [3.8, 4) is 0 Å². The van der Waals surface area contributed by atoms with Crippen molar-refractivity contribution in [2.24, 2.45) is 5.41 Å². The fourth-order valence-electron chi connectivity index (χ4n) is 2.95. The maximum atomic E-state index is 13.5. The molecular formula is C19H24FNO2Si. The van der Waals surface area contributed by atoms with E-state index in [1.807, 2.05) is 46.0 Å². The van der Waals surface area contributed by atoms with E-state index in [1.54, 1.807) is 12.4 Å². The second kappa shape index (κ2) is 6.95. The number of aromatic nitrogens is 1. The number of ketones is 1. The topological polar surface area (TPSA) is 39.2 Å². The molecule has 0 bridgehead atoms. The molecule has 1 unspecified atom stereocenters. The number of pyridine rings is 1. The summed E-state index contributed by atoms with van der Waals surface area (Å²) >= 11 is 0. The first kappa shape index (κ1) is 18.5. The van der Waals surface area contributed by atoms with Crippen LogP contribution in [-0.2, 0) is 10.0 Å². The highest BCUT2D eigenvalue weighted by Crippen LogP contribution is 2.45. The first-order chi connectivity index (χ1) is 11.2. The number of carbonyl (C=O) groups excluding carboxylic acids is 1. The Kier molecular flexibility index (Phi) is 5.35. The molecule has 1 aromatic heterocycles. The quantitative estimate of drug-likeness (QED) is 0.597. The molecule has 0 radical (unpaired) electrons. The zero-order chi connectivity index (χ0) is 18.0. The number of halogens is 1. The van der Waals surface area contributed by atoms with E-state index in [9.17, 15) is 9.18 Å². The van der Waals surface area contributed by atoms with Gasteiger partial charge in [-0.1, -0.05) is 20.8 Å². The molecule has 3 nitrogen and oxygen atoms in total. The smallest absolute Gasteiger partial charge is 0.198 e. The summed E-state index contributed by atoms with van der Waals surface area (Å²) in [7, 11) is -1.57. The van der Waals surface area contributed by atoms with E-state index in [4.69, 9.17) is 4.43 Å². The van der Waals surface area contributed by atoms with E-state index < -0.39 is 20.1 Å². The largest absolute Gasteiger partial charge is 0.404 e. The molecule has 2 aromatic rings. The summed E-state index contributed by atoms with van der Waals surface area (Å²) in [5, 5.41) is 0. The van der Waals surface area contributed by atoms with Gasteiger partial charge >= 0.3 is 0 Å². The molecule has 128 valence electrons. The van der Waals surface area contributed by atoms with Gasteiger partial charge in [-0.05, 0) is 55.1 Å². The summed E-state index contributed by atoms with van der Waals surface area (Å²) in [6.45, 7) is 10.1. The molecule has 0 N–H and O–H groups in total. The zero-order valence-electron chi connectivity index (χ0n) is 14.8. The molecule has 1 atom stereocenters. The number of nitrogens with zero attached hydrogens (tertiary/aromatic N) is 1. The maximum absolute atomic E-state index is 13.5. The molecule has 0 aliphatic carbocycles. The van der Waals surface area contributed by atoms with Gasteiger partial charge in [0.25, 0.3) is 0 Å². The molecule has 5 heteroatoms. The highest BCUT2D eigenvalue weighted by Gasteiger charge is 2.51. The van der Waals surface area contributed by atoms with Crippen LogP contribution < -0.4 is 0 Å². The summed E-state index contributed by atoms with van der Waals surface area (Å²) in [5.74, 6) is -0.515. The third kappa shape index (κ3) is 3.47. The number of rotatable bonds is 5. The third-order valence-electron chi connectivity index (χ3n) is 3.98. The summed E-state index contributed by atoms with van der Waals surface area (Å²) < 4.78 is 19.7. The maximum Gasteiger partial charge on any atom is 0.198 e. The Bertz CT molecular complexity index is 696. The van der Waals surface area contributed by atoms with Crippen molar-refractivity contribution in [2.75, 3.05) is 0 Å². The van der Waals surface area contributed by atoms with Crippen molar-refractivity contribution in [1.29, 1.82) is 0 Å². The lowest BCUT2D eigenvalue weighted by Crippen LogP contribution is -2.51. The molecule has 0 spiro atoms. The van der Waals surface area contributed by atoms with Crippen LogP contribution in [0.3, 0.4) is 0 Å². The molecule has 0 saturated carbocycles. The van der Waals surface area contributed by atoms with Crippen LogP contribution in [0.4, 0.5) is 4.39 Å². The molecule has 0 saturated heterocycles. The van der Waals surface area contributed by atoms with Gasteiger partial charge in [0.05, 0.1) is 0 Å². The van der Waals surface area contributed by atoms with Crippen molar-refractivity contribution < 1.29 is 13.6 Å². The predicted molar refractivity (Wildman–Crippen MR) is 96.1 cm³/mol. The summed E-state index contributed by atoms with van der Waals surface area (Å²) in [6, 6.07) is 9.29. The number of carbonyl (C=O) groups is 1. The van der Waals surface area contributed by atoms with Gasteiger partial charge in [0, 0.05) is 23.4 Å². The minimum atomic E-state index is -1.57. The summed E-state index contributed by atoms with van der Waals surface area (Å²) in [4.78, 5) is 17.6. The third-order valence-corrected chi connectivity index (χ3v) is 4.81. The van der Waals surface area contributed by atoms with Crippen LogP contribution in [0.1, 0.15) is 36.7 Å². The normalized spacial score (nSPS) is 14.5. The average Bonchev–Trinajstić information content (AvgIpc) is 2.52. The molecule has 1 heterocycles. The van der Waals surface area contributed by atoms with Crippen LogP contribution in [0.25, 0.3) is 0 Å². The number of Topliss-reactive ketones (excluding diaryl/α,β-unsaturated/α-hetero) is 1. The van der Waals surface area contributed by atoms with Crippen molar-refractivity contribution >= 4 is 14.8 Å². The molecule has 0 fully saturated rings. The van der Waals surface area contributed by atoms with E-state index in [0.717, 1.165) is 5.56 Å². The second-order valence-corrected chi connectivity index (χ2v) is 9.50. The Morgan fingerprint density at radius 3 is 2.04 bits per heavy atom. The van der Waals surface area contributed by atoms with Crippen molar-refractivity contribution in [3.63, 3.8) is 0 Å². The minimum absolute atomic E-state index is 0.151. The molecule has 2 rings (SSSR count). The van der Waals surface area contributed by atoms with Gasteiger partial charge in [-0.3, -0.25) is 9.78 Å². The Hall–Kier alpha value is -1.85. The monoisotopic (exact) mass is 345 g/mol. The number of hydrogen-bond acceptors (Lipinski definition) is 3. The fourth-order valence-corrected chi connectivity index (χ4v) is 4.25. The van der Waals surface area contributed by atoms with Gasteiger partial charge < -0.3 is 4.43 Å². The predicted octanol–water partition coefficient (Wildman–Crippen LogP) is 4.35. The minimum Gasteiger partial charge on any atom is -0.404 e. The van der Waals surface area contributed by atoms with Gasteiger partial charge in [0.2, 0.25) is 0 Å². The molecule has 0 aliphatic rings. The Balaban J connectivity index is 2.69. The summed E-state index contributed by atoms with van der Waals surface area (Å²) in [5.41, 5.74) is -0.399. The van der Waals surface area contributed by atoms with Crippen LogP contribution in [-0.4, -0.2) is 19.8 Å². The van der Waals surface area contributed by atoms with Gasteiger partial charge in [0.1, 0.15) is 11.4 Å². The highest BCUT2D eigenvalue weighted by atomic mass is 28.3. The van der Waals surface area contributed by atoms with Gasteiger partial charge in [-0.15, -0.1) is 0 Å². The van der Waals surface area contributed by atoms with Crippen LogP contribution in [0.15, 0.2) is 48.8 Å². The second-order valence-electron chi connectivity index (χ2n) is 7.17. The van der Waals surface area contributed by atoms with Crippen molar-refractivity contribution in [1.82, 2.24) is 4.98 Å². The first-order valence-electron chi connectivity index (χ1n) is 8.07. The summed E-state index contributed by atoms with van der Waals surface area (Å²) in [6.07, 6.45) is 3.33. The lowest BCUT2D eigenvalue weighted by atomic mass is 9.68. The SMILES string of the molecule is C[SiH](C)OC(C(=O)c1ccc(F)cc1)(c1ccncc1)C(C)(C)C. The van der Waals surface area contributed by atoms with Gasteiger partial charge in [-0.25, -0.2) is 4.39 Å². The van der Waals surface area contributed by atoms with Crippen LogP contribution in [0, 0.1) is 11.2 Å². The lowest BCUT2D eigenvalue weighted by Gasteiger charge is -2.45. The molecule has 24 heavy (non-hydrogen) atoms. The Morgan fingerprint density at radius 1 is 1.04 bits per heavy atom. The van der Waals surface area contributed by atoms with E-state index in [1.165, 1.54) is 24.3 Å². The number of hydrogen-bond donors (Lipinski definition) is 0. The van der Waals surface area contributed by atoms with Crippen molar-refractivity contribution in [2.45, 2.75) is 39.5 Å². The van der Waals surface area contributed by atoms with E-state index in [-0.39, 0.29) is 11.6 Å². The van der Waals surface area contributed by atoms with Gasteiger partial charge in [0.15, 0.2) is 14.8 Å². The van der Waals surface area contributed by atoms with Crippen LogP contribution in [0.5, 0.6) is 0 Å². The Labute approximate surface area is 144 Å². The van der Waals surface area contributed by atoms with E-state index in [0.29, 0.717) is 5.56 Å². The van der Waals surface area contributed by atoms with Crippen LogP contribution in [0.2, 0.25) is 13.1 Å². The molecular weight excluding hydrogens is 321 g/mol. The molecule has 0 amide bonds. The molecule has 0 aliphatic heterocycles. The van der Waals surface area contributed by atoms with Crippen molar-refractivity contribution in [3.05, 3.63) is 65.7 Å². The van der Waals surface area contributed by atoms with Gasteiger partial charge in [-0.2, -0.15) is 0 Å². The fraction of sp³-hybridized carbons (Fsp3) is 0.368. The Morgan fingerprint density at radius 2 is 1.58 bits per heavy atom. The van der Waals surface area contributed by atoms with E-state index in [2.05, 4.69) is 4.98 Å². The lowest BCUT2D eigenvalue weighted by molar-refractivity contribution is -0.0192. The van der Waals surface area contributed by atoms with E-state index >= 15 is 0 Å². The first-order valence-corrected chi connectivity index (χ1v) is 10.9. The average molecular weight is 345 g/mol.